The van der Waals surface area contributed by atoms with E-state index in [2.05, 4.69) is 9.97 Å². The molecule has 30 heavy (non-hydrogen) atoms. The van der Waals surface area contributed by atoms with Crippen LogP contribution in [0.5, 0.6) is 0 Å². The van der Waals surface area contributed by atoms with Crippen molar-refractivity contribution in [3.63, 3.8) is 0 Å². The van der Waals surface area contributed by atoms with Crippen molar-refractivity contribution in [3.05, 3.63) is 23.3 Å². The Kier molecular flexibility index (Phi) is 6.38. The fourth-order valence-electron chi connectivity index (χ4n) is 4.08. The lowest BCUT2D eigenvalue weighted by Crippen LogP contribution is -2.33. The number of nitrogens with one attached hydrogen (secondary N) is 1. The second kappa shape index (κ2) is 8.71. The number of aliphatic hydroxyl groups is 4. The molecule has 7 N–H and O–H groups in total. The van der Waals surface area contributed by atoms with Crippen LogP contribution in [0.4, 0.5) is 5.95 Å². The van der Waals surface area contributed by atoms with Gasteiger partial charge in [-0.3, -0.25) is 8.58 Å². The number of ether oxygens (including phenoxy) is 2. The van der Waals surface area contributed by atoms with Crippen LogP contribution in [-0.2, 0) is 18.1 Å². The van der Waals surface area contributed by atoms with Crippen molar-refractivity contribution in [2.24, 2.45) is 0 Å². The third-order valence-electron chi connectivity index (χ3n) is 5.56. The van der Waals surface area contributed by atoms with Gasteiger partial charge in [-0.2, -0.15) is 0 Å². The van der Waals surface area contributed by atoms with Gasteiger partial charge in [0, 0.05) is 0 Å². The topological polar surface area (TPSA) is 173 Å². The molecule has 11 nitrogen and oxygen atoms in total. The number of hydrogen-bond donors (Lipinski definition) is 6. The van der Waals surface area contributed by atoms with Crippen LogP contribution in [0.3, 0.4) is 0 Å². The van der Waals surface area contributed by atoms with Crippen molar-refractivity contribution >= 4 is 40.7 Å². The van der Waals surface area contributed by atoms with Crippen LogP contribution in [0.15, 0.2) is 12.1 Å². The summed E-state index contributed by atoms with van der Waals surface area (Å²) < 4.78 is 21.4. The molecule has 13 heteroatoms. The van der Waals surface area contributed by atoms with Gasteiger partial charge in [0.05, 0.1) is 48.0 Å². The van der Waals surface area contributed by atoms with E-state index in [1.54, 1.807) is 12.1 Å². The smallest absolute Gasteiger partial charge is 0.198 e. The summed E-state index contributed by atoms with van der Waals surface area (Å²) in [5.41, 5.74) is 7.73. The van der Waals surface area contributed by atoms with Crippen molar-refractivity contribution in [1.29, 1.82) is 0 Å². The van der Waals surface area contributed by atoms with Crippen LogP contribution in [0, 0.1) is 0 Å². The molecular formula is C17H21Cl2N3O8. The fourth-order valence-corrected chi connectivity index (χ4v) is 4.48. The molecule has 3 heterocycles. The molecule has 0 saturated carbocycles. The van der Waals surface area contributed by atoms with Crippen molar-refractivity contribution in [3.8, 4) is 0 Å². The first-order valence-corrected chi connectivity index (χ1v) is 9.77. The van der Waals surface area contributed by atoms with Crippen molar-refractivity contribution in [2.75, 3.05) is 18.9 Å². The SMILES string of the molecule is Nc1nc2cc([C@H]3O[C@@H](CO)[C@H](O)[C@@H]3OCl)c([C@H]3O[C@@H](CO)[C@H](O)[C@@H]3OCl)cc2[nH]1. The van der Waals surface area contributed by atoms with Crippen LogP contribution in [-0.4, -0.2) is 80.2 Å². The normalized spacial score (nSPS) is 36.7. The molecule has 2 saturated heterocycles. The van der Waals surface area contributed by atoms with Gasteiger partial charge in [0.15, 0.2) is 5.95 Å². The first kappa shape index (κ1) is 22.0. The summed E-state index contributed by atoms with van der Waals surface area (Å²) >= 11 is 11.2. The van der Waals surface area contributed by atoms with Gasteiger partial charge in [0.2, 0.25) is 0 Å². The fraction of sp³-hybridized carbons (Fsp3) is 0.588. The Morgan fingerprint density at radius 1 is 0.967 bits per heavy atom. The molecule has 1 aromatic heterocycles. The van der Waals surface area contributed by atoms with E-state index < -0.39 is 62.0 Å². The second-order valence-corrected chi connectivity index (χ2v) is 7.62. The quantitative estimate of drug-likeness (QED) is 0.335. The largest absolute Gasteiger partial charge is 0.394 e. The number of nitrogen functional groups attached to an aromatic ring is 1. The Bertz CT molecular complexity index is 832. The van der Waals surface area contributed by atoms with Crippen molar-refractivity contribution in [2.45, 2.75) is 48.8 Å². The Balaban J connectivity index is 1.84. The lowest BCUT2D eigenvalue weighted by molar-refractivity contribution is -0.0300. The lowest BCUT2D eigenvalue weighted by atomic mass is 9.91. The van der Waals surface area contributed by atoms with Gasteiger partial charge in [0.25, 0.3) is 0 Å². The number of aliphatic hydroxyl groups excluding tert-OH is 4. The molecule has 0 amide bonds. The highest BCUT2D eigenvalue weighted by atomic mass is 35.5. The molecule has 4 rings (SSSR count). The molecule has 8 atom stereocenters. The number of rotatable bonds is 6. The molecule has 0 spiro atoms. The van der Waals surface area contributed by atoms with E-state index in [4.69, 9.17) is 47.5 Å². The molecule has 0 radical (unpaired) electrons. The van der Waals surface area contributed by atoms with E-state index in [1.807, 2.05) is 0 Å². The average Bonchev–Trinajstić information content (AvgIpc) is 3.37. The number of aromatic amines is 1. The van der Waals surface area contributed by atoms with Gasteiger partial charge in [-0.15, -0.1) is 0 Å². The minimum absolute atomic E-state index is 0.171. The van der Waals surface area contributed by atoms with Gasteiger partial charge < -0.3 is 40.6 Å². The first-order valence-electron chi connectivity index (χ1n) is 9.16. The molecule has 2 aliphatic heterocycles. The van der Waals surface area contributed by atoms with E-state index >= 15 is 0 Å². The summed E-state index contributed by atoms with van der Waals surface area (Å²) in [5.74, 6) is 0.171. The minimum Gasteiger partial charge on any atom is -0.394 e. The zero-order chi connectivity index (χ0) is 21.6. The van der Waals surface area contributed by atoms with Gasteiger partial charge in [0.1, 0.15) is 48.8 Å². The number of aromatic nitrogens is 2. The number of imidazole rings is 1. The van der Waals surface area contributed by atoms with Crippen molar-refractivity contribution in [1.82, 2.24) is 9.97 Å². The van der Waals surface area contributed by atoms with Crippen LogP contribution < -0.4 is 5.73 Å². The molecular weight excluding hydrogens is 445 g/mol. The summed E-state index contributed by atoms with van der Waals surface area (Å²) in [6.07, 6.45) is -8.15. The van der Waals surface area contributed by atoms with Crippen LogP contribution in [0.1, 0.15) is 23.3 Å². The maximum Gasteiger partial charge on any atom is 0.198 e. The Hall–Kier alpha value is -1.25. The molecule has 0 aliphatic carbocycles. The Morgan fingerprint density at radius 3 is 1.93 bits per heavy atom. The second-order valence-electron chi connectivity index (χ2n) is 7.26. The average molecular weight is 466 g/mol. The van der Waals surface area contributed by atoms with E-state index in [-0.39, 0.29) is 5.95 Å². The van der Waals surface area contributed by atoms with Crippen LogP contribution >= 0.6 is 23.7 Å². The molecule has 2 aromatic rings. The van der Waals surface area contributed by atoms with Crippen molar-refractivity contribution < 1.29 is 38.5 Å². The maximum atomic E-state index is 10.4. The molecule has 0 bridgehead atoms. The zero-order valence-corrected chi connectivity index (χ0v) is 16.9. The van der Waals surface area contributed by atoms with E-state index in [9.17, 15) is 20.4 Å². The monoisotopic (exact) mass is 465 g/mol. The van der Waals surface area contributed by atoms with Crippen LogP contribution in [0.2, 0.25) is 0 Å². The number of anilines is 1. The van der Waals surface area contributed by atoms with Gasteiger partial charge in [-0.05, 0) is 23.3 Å². The molecule has 2 aliphatic rings. The number of fused-ring (bicyclic) bond motifs is 1. The number of hydrogen-bond acceptors (Lipinski definition) is 10. The molecule has 1 aromatic carbocycles. The Morgan fingerprint density at radius 2 is 1.47 bits per heavy atom. The maximum absolute atomic E-state index is 10.4. The first-order chi connectivity index (χ1) is 14.4. The summed E-state index contributed by atoms with van der Waals surface area (Å²) in [4.78, 5) is 7.10. The predicted molar refractivity (Wildman–Crippen MR) is 103 cm³/mol. The third kappa shape index (κ3) is 3.54. The summed E-state index contributed by atoms with van der Waals surface area (Å²) in [7, 11) is 0. The lowest BCUT2D eigenvalue weighted by Gasteiger charge is -2.25. The Labute approximate surface area is 180 Å². The number of nitrogens with two attached hydrogens (primary N) is 1. The number of nitrogens with zero attached hydrogens (tertiary/aromatic N) is 1. The highest BCUT2D eigenvalue weighted by Crippen LogP contribution is 2.45. The molecule has 0 unspecified atom stereocenters. The standard InChI is InChI=1S/C17H21Cl2N3O8/c18-29-15-11(25)9(3-23)27-13(15)5-1-7-8(22-17(20)21-7)2-6(5)14-16(30-19)12(26)10(4-24)28-14/h1-2,9-16,23-26H,3-4H2,(H3,20,21,22)/t9-,10-,11-,12-,13+,14+,15-,16-/m0/s1. The van der Waals surface area contributed by atoms with Gasteiger partial charge in [-0.1, -0.05) is 0 Å². The minimum atomic E-state index is -1.20. The summed E-state index contributed by atoms with van der Waals surface area (Å²) in [5, 5.41) is 39.8. The molecule has 166 valence electrons. The van der Waals surface area contributed by atoms with E-state index in [0.29, 0.717) is 22.2 Å². The number of halogens is 2. The molecule has 2 fully saturated rings. The number of benzene rings is 1. The predicted octanol–water partition coefficient (Wildman–Crippen LogP) is -0.191. The summed E-state index contributed by atoms with van der Waals surface area (Å²) in [6.45, 7) is -0.915. The van der Waals surface area contributed by atoms with E-state index in [1.165, 1.54) is 0 Å². The highest BCUT2D eigenvalue weighted by Gasteiger charge is 2.50. The number of H-pyrrole nitrogens is 1. The van der Waals surface area contributed by atoms with E-state index in [0.717, 1.165) is 0 Å². The van der Waals surface area contributed by atoms with Crippen LogP contribution in [0.25, 0.3) is 11.0 Å². The zero-order valence-electron chi connectivity index (χ0n) is 15.4. The summed E-state index contributed by atoms with van der Waals surface area (Å²) in [6, 6.07) is 3.31. The third-order valence-corrected chi connectivity index (χ3v) is 5.97. The highest BCUT2D eigenvalue weighted by molar-refractivity contribution is 6.07. The van der Waals surface area contributed by atoms with Gasteiger partial charge in [-0.25, -0.2) is 4.98 Å². The van der Waals surface area contributed by atoms with Gasteiger partial charge >= 0.3 is 0 Å².